The highest BCUT2D eigenvalue weighted by molar-refractivity contribution is 6.31. The maximum Gasteiger partial charge on any atom is 0.253 e. The van der Waals surface area contributed by atoms with Crippen molar-refractivity contribution in [3.63, 3.8) is 0 Å². The van der Waals surface area contributed by atoms with Gasteiger partial charge in [0.1, 0.15) is 5.75 Å². The SMILES string of the molecule is COc1ccc(N(Cc2cnccc2C)C2CCN(C(C)CCNC(=O)c3c(C)ncc(Cl)c3C)CC2)cc1. The van der Waals surface area contributed by atoms with Crippen molar-refractivity contribution < 1.29 is 9.53 Å². The summed E-state index contributed by atoms with van der Waals surface area (Å²) >= 11 is 6.19. The molecule has 1 amide bonds. The lowest BCUT2D eigenvalue weighted by Gasteiger charge is -2.42. The lowest BCUT2D eigenvalue weighted by atomic mass is 9.99. The Hall–Kier alpha value is -3.16. The van der Waals surface area contributed by atoms with E-state index in [0.29, 0.717) is 34.9 Å². The first kappa shape index (κ1) is 28.8. The summed E-state index contributed by atoms with van der Waals surface area (Å²) in [5, 5.41) is 3.60. The number of methoxy groups -OCH3 is 1. The van der Waals surface area contributed by atoms with Crippen molar-refractivity contribution in [3.05, 3.63) is 81.9 Å². The Balaban J connectivity index is 1.35. The lowest BCUT2D eigenvalue weighted by molar-refractivity contribution is 0.0943. The number of aromatic nitrogens is 2. The van der Waals surface area contributed by atoms with Gasteiger partial charge in [-0.15, -0.1) is 0 Å². The van der Waals surface area contributed by atoms with E-state index in [9.17, 15) is 4.79 Å². The Morgan fingerprint density at radius 1 is 1.15 bits per heavy atom. The van der Waals surface area contributed by atoms with Crippen molar-refractivity contribution in [1.82, 2.24) is 20.2 Å². The van der Waals surface area contributed by atoms with Crippen LogP contribution in [0.4, 0.5) is 5.69 Å². The molecule has 8 heteroatoms. The number of amides is 1. The average Bonchev–Trinajstić information content (AvgIpc) is 2.95. The van der Waals surface area contributed by atoms with Crippen LogP contribution in [0.3, 0.4) is 0 Å². The molecular formula is C31H40ClN5O2. The van der Waals surface area contributed by atoms with Crippen LogP contribution in [0.1, 0.15) is 58.9 Å². The summed E-state index contributed by atoms with van der Waals surface area (Å²) in [6.07, 6.45) is 8.48. The third kappa shape index (κ3) is 7.08. The third-order valence-electron chi connectivity index (χ3n) is 8.00. The topological polar surface area (TPSA) is 70.6 Å². The highest BCUT2D eigenvalue weighted by Crippen LogP contribution is 2.29. The number of rotatable bonds is 10. The molecule has 1 fully saturated rings. The van der Waals surface area contributed by atoms with Gasteiger partial charge in [-0.1, -0.05) is 11.6 Å². The van der Waals surface area contributed by atoms with Gasteiger partial charge in [-0.25, -0.2) is 0 Å². The van der Waals surface area contributed by atoms with Crippen molar-refractivity contribution in [2.24, 2.45) is 0 Å². The van der Waals surface area contributed by atoms with Crippen molar-refractivity contribution in [2.75, 3.05) is 31.6 Å². The van der Waals surface area contributed by atoms with Crippen molar-refractivity contribution >= 4 is 23.2 Å². The third-order valence-corrected chi connectivity index (χ3v) is 8.38. The molecule has 4 rings (SSSR count). The summed E-state index contributed by atoms with van der Waals surface area (Å²) < 4.78 is 5.39. The number of benzene rings is 1. The fraction of sp³-hybridized carbons (Fsp3) is 0.452. The van der Waals surface area contributed by atoms with E-state index >= 15 is 0 Å². The summed E-state index contributed by atoms with van der Waals surface area (Å²) in [4.78, 5) is 26.5. The average molecular weight is 550 g/mol. The molecule has 0 radical (unpaired) electrons. The monoisotopic (exact) mass is 549 g/mol. The first-order valence-electron chi connectivity index (χ1n) is 13.7. The van der Waals surface area contributed by atoms with Crippen molar-refractivity contribution in [3.8, 4) is 5.75 Å². The molecule has 1 aliphatic heterocycles. The number of likely N-dealkylation sites (tertiary alicyclic amines) is 1. The number of aryl methyl sites for hydroxylation is 2. The molecule has 39 heavy (non-hydrogen) atoms. The Bertz CT molecular complexity index is 1260. The lowest BCUT2D eigenvalue weighted by Crippen LogP contribution is -2.48. The molecule has 0 saturated carbocycles. The van der Waals surface area contributed by atoms with E-state index in [4.69, 9.17) is 16.3 Å². The van der Waals surface area contributed by atoms with Crippen LogP contribution in [0, 0.1) is 20.8 Å². The predicted molar refractivity (Wildman–Crippen MR) is 158 cm³/mol. The van der Waals surface area contributed by atoms with Crippen LogP contribution in [0.5, 0.6) is 5.75 Å². The van der Waals surface area contributed by atoms with Gasteiger partial charge in [0.2, 0.25) is 0 Å². The molecule has 1 aromatic carbocycles. The molecule has 0 aliphatic carbocycles. The molecule has 0 bridgehead atoms. The number of pyridine rings is 2. The van der Waals surface area contributed by atoms with Gasteiger partial charge < -0.3 is 19.9 Å². The second-order valence-corrected chi connectivity index (χ2v) is 10.9. The molecule has 1 unspecified atom stereocenters. The van der Waals surface area contributed by atoms with E-state index in [2.05, 4.69) is 57.1 Å². The molecule has 0 spiro atoms. The fourth-order valence-electron chi connectivity index (χ4n) is 5.39. The second-order valence-electron chi connectivity index (χ2n) is 10.5. The van der Waals surface area contributed by atoms with Gasteiger partial charge in [0.15, 0.2) is 0 Å². The largest absolute Gasteiger partial charge is 0.497 e. The molecule has 3 heterocycles. The first-order chi connectivity index (χ1) is 18.8. The zero-order valence-corrected chi connectivity index (χ0v) is 24.5. The Morgan fingerprint density at radius 2 is 1.87 bits per heavy atom. The maximum atomic E-state index is 12.8. The Kier molecular flexibility index (Phi) is 9.81. The Labute approximate surface area is 237 Å². The van der Waals surface area contributed by atoms with E-state index in [-0.39, 0.29) is 5.91 Å². The summed E-state index contributed by atoms with van der Waals surface area (Å²) in [7, 11) is 1.70. The van der Waals surface area contributed by atoms with Gasteiger partial charge in [0, 0.05) is 62.5 Å². The van der Waals surface area contributed by atoms with Crippen LogP contribution in [0.2, 0.25) is 5.02 Å². The number of piperidine rings is 1. The molecule has 208 valence electrons. The summed E-state index contributed by atoms with van der Waals surface area (Å²) in [6, 6.07) is 11.3. The van der Waals surface area contributed by atoms with Crippen LogP contribution in [0.25, 0.3) is 0 Å². The minimum absolute atomic E-state index is 0.105. The normalized spacial score (nSPS) is 15.1. The van der Waals surface area contributed by atoms with Crippen LogP contribution in [-0.2, 0) is 6.54 Å². The van der Waals surface area contributed by atoms with E-state index < -0.39 is 0 Å². The van der Waals surface area contributed by atoms with E-state index in [1.165, 1.54) is 16.8 Å². The van der Waals surface area contributed by atoms with Crippen molar-refractivity contribution in [2.45, 2.75) is 65.6 Å². The number of hydrogen-bond acceptors (Lipinski definition) is 6. The van der Waals surface area contributed by atoms with Gasteiger partial charge >= 0.3 is 0 Å². The predicted octanol–water partition coefficient (Wildman–Crippen LogP) is 5.74. The fourth-order valence-corrected chi connectivity index (χ4v) is 5.54. The van der Waals surface area contributed by atoms with Gasteiger partial charge in [0.05, 0.1) is 23.4 Å². The van der Waals surface area contributed by atoms with Crippen LogP contribution >= 0.6 is 11.6 Å². The summed E-state index contributed by atoms with van der Waals surface area (Å²) in [6.45, 7) is 11.6. The molecule has 3 aromatic rings. The number of hydrogen-bond donors (Lipinski definition) is 1. The minimum atomic E-state index is -0.105. The van der Waals surface area contributed by atoms with Gasteiger partial charge in [0.25, 0.3) is 5.91 Å². The van der Waals surface area contributed by atoms with Gasteiger partial charge in [-0.05, 0) is 94.0 Å². The molecule has 1 N–H and O–H groups in total. The smallest absolute Gasteiger partial charge is 0.253 e. The number of carbonyl (C=O) groups excluding carboxylic acids is 1. The van der Waals surface area contributed by atoms with Gasteiger partial charge in [-0.3, -0.25) is 14.8 Å². The molecule has 1 aliphatic rings. The highest BCUT2D eigenvalue weighted by atomic mass is 35.5. The zero-order chi connectivity index (χ0) is 27.9. The minimum Gasteiger partial charge on any atom is -0.497 e. The zero-order valence-electron chi connectivity index (χ0n) is 23.7. The number of ether oxygens (including phenoxy) is 1. The summed E-state index contributed by atoms with van der Waals surface area (Å²) in [5.74, 6) is 0.760. The quantitative estimate of drug-likeness (QED) is 0.347. The van der Waals surface area contributed by atoms with Crippen LogP contribution in [0.15, 0.2) is 48.9 Å². The van der Waals surface area contributed by atoms with E-state index in [1.54, 1.807) is 13.3 Å². The number of halogens is 1. The number of carbonyl (C=O) groups is 1. The molecule has 1 atom stereocenters. The summed E-state index contributed by atoms with van der Waals surface area (Å²) in [5.41, 5.74) is 5.77. The number of nitrogens with one attached hydrogen (secondary N) is 1. The number of nitrogens with zero attached hydrogens (tertiary/aromatic N) is 4. The molecule has 7 nitrogen and oxygen atoms in total. The maximum absolute atomic E-state index is 12.8. The highest BCUT2D eigenvalue weighted by Gasteiger charge is 2.28. The van der Waals surface area contributed by atoms with Crippen molar-refractivity contribution in [1.29, 1.82) is 0 Å². The van der Waals surface area contributed by atoms with Crippen LogP contribution < -0.4 is 15.0 Å². The Morgan fingerprint density at radius 3 is 2.54 bits per heavy atom. The van der Waals surface area contributed by atoms with E-state index in [1.807, 2.05) is 38.4 Å². The molecular weight excluding hydrogens is 510 g/mol. The molecule has 1 saturated heterocycles. The number of anilines is 1. The van der Waals surface area contributed by atoms with Crippen LogP contribution in [-0.4, -0.2) is 59.6 Å². The van der Waals surface area contributed by atoms with Gasteiger partial charge in [-0.2, -0.15) is 0 Å². The second kappa shape index (κ2) is 13.3. The standard InChI is InChI=1S/C31H40ClN5O2/c1-21-10-14-33-18-25(21)20-37(26-6-8-28(39-5)9-7-26)27-12-16-36(17-13-27)22(2)11-15-34-31(38)30-23(3)29(32)19-35-24(30)4/h6-10,14,18-19,22,27H,11-13,15-17,20H2,1-5H3,(H,34,38). The first-order valence-corrected chi connectivity index (χ1v) is 14.1. The van der Waals surface area contributed by atoms with E-state index in [0.717, 1.165) is 50.2 Å². The molecule has 2 aromatic heterocycles.